The van der Waals surface area contributed by atoms with Gasteiger partial charge in [0, 0.05) is 16.6 Å². The lowest BCUT2D eigenvalue weighted by molar-refractivity contribution is 0.287. The van der Waals surface area contributed by atoms with Gasteiger partial charge < -0.3 is 24.5 Å². The number of ether oxygens (including phenoxy) is 3. The number of aromatic nitrogens is 1. The number of nitriles is 1. The Kier molecular flexibility index (Phi) is 6.43. The van der Waals surface area contributed by atoms with Gasteiger partial charge in [-0.3, -0.25) is 4.79 Å². The van der Waals surface area contributed by atoms with E-state index >= 15 is 0 Å². The van der Waals surface area contributed by atoms with E-state index in [0.717, 1.165) is 10.6 Å². The summed E-state index contributed by atoms with van der Waals surface area (Å²) in [4.78, 5) is 14.8. The van der Waals surface area contributed by atoms with Crippen molar-refractivity contribution in [3.8, 4) is 23.3 Å². The number of hydrogen-bond acceptors (Lipinski definition) is 7. The highest BCUT2D eigenvalue weighted by atomic mass is 32.1. The normalized spacial score (nSPS) is 14.9. The molecule has 7 nitrogen and oxygen atoms in total. The Hall–Kier alpha value is -3.70. The van der Waals surface area contributed by atoms with Gasteiger partial charge in [0.25, 0.3) is 5.56 Å². The largest absolute Gasteiger partial charge is 0.490 e. The quantitative estimate of drug-likeness (QED) is 0.561. The lowest BCUT2D eigenvalue weighted by Crippen LogP contribution is -2.32. The predicted octanol–water partition coefficient (Wildman–Crippen LogP) is 4.28. The minimum absolute atomic E-state index is 0.00310. The average Bonchev–Trinajstić information content (AvgIpc) is 3.30. The number of allylic oxidation sites excluding steroid dienone is 1. The highest BCUT2D eigenvalue weighted by molar-refractivity contribution is 7.09. The third kappa shape index (κ3) is 4.20. The molecule has 0 aliphatic carbocycles. The van der Waals surface area contributed by atoms with Crippen molar-refractivity contribution in [2.45, 2.75) is 33.2 Å². The van der Waals surface area contributed by atoms with Crippen molar-refractivity contribution < 1.29 is 14.2 Å². The minimum Gasteiger partial charge on any atom is -0.490 e. The van der Waals surface area contributed by atoms with E-state index in [9.17, 15) is 10.1 Å². The number of hydrogen-bond donors (Lipinski definition) is 1. The van der Waals surface area contributed by atoms with Gasteiger partial charge >= 0.3 is 0 Å². The first-order valence-corrected chi connectivity index (χ1v) is 11.6. The molecule has 3 heterocycles. The molecule has 33 heavy (non-hydrogen) atoms. The first kappa shape index (κ1) is 22.5. The Labute approximate surface area is 196 Å². The van der Waals surface area contributed by atoms with Crippen molar-refractivity contribution in [2.24, 2.45) is 5.73 Å². The third-order valence-corrected chi connectivity index (χ3v) is 6.35. The maximum atomic E-state index is 13.8. The molecular weight excluding hydrogens is 438 g/mol. The number of nitrogens with two attached hydrogens (primary N) is 1. The van der Waals surface area contributed by atoms with E-state index in [2.05, 4.69) is 6.07 Å². The van der Waals surface area contributed by atoms with Crippen molar-refractivity contribution in [2.75, 3.05) is 13.2 Å². The number of benzene rings is 1. The molecule has 1 atom stereocenters. The van der Waals surface area contributed by atoms with E-state index in [1.807, 2.05) is 50.4 Å². The average molecular weight is 464 g/mol. The molecule has 0 saturated heterocycles. The number of nitrogens with zero attached hydrogens (tertiary/aromatic N) is 2. The van der Waals surface area contributed by atoms with Crippen molar-refractivity contribution in [1.82, 2.24) is 4.57 Å². The molecule has 0 saturated carbocycles. The second kappa shape index (κ2) is 9.43. The van der Waals surface area contributed by atoms with Crippen LogP contribution in [0, 0.1) is 18.3 Å². The Balaban J connectivity index is 1.91. The van der Waals surface area contributed by atoms with Crippen molar-refractivity contribution in [3.63, 3.8) is 0 Å². The van der Waals surface area contributed by atoms with Gasteiger partial charge in [0.1, 0.15) is 17.4 Å². The topological polar surface area (TPSA) is 99.5 Å². The molecule has 0 radical (unpaired) electrons. The summed E-state index contributed by atoms with van der Waals surface area (Å²) in [6.45, 7) is 7.02. The first-order chi connectivity index (χ1) is 16.0. The van der Waals surface area contributed by atoms with Crippen LogP contribution in [-0.4, -0.2) is 17.8 Å². The van der Waals surface area contributed by atoms with Gasteiger partial charge in [-0.15, -0.1) is 11.3 Å². The predicted molar refractivity (Wildman–Crippen MR) is 127 cm³/mol. The van der Waals surface area contributed by atoms with Crippen molar-refractivity contribution in [3.05, 3.63) is 85.3 Å². The summed E-state index contributed by atoms with van der Waals surface area (Å²) < 4.78 is 18.9. The third-order valence-electron chi connectivity index (χ3n) is 5.48. The highest BCUT2D eigenvalue weighted by Gasteiger charge is 2.35. The lowest BCUT2D eigenvalue weighted by atomic mass is 9.84. The van der Waals surface area contributed by atoms with Crippen LogP contribution in [0.1, 0.15) is 41.5 Å². The van der Waals surface area contributed by atoms with E-state index in [1.165, 1.54) is 0 Å². The molecule has 2 aromatic heterocycles. The number of thiophene rings is 1. The Morgan fingerprint density at radius 3 is 2.61 bits per heavy atom. The van der Waals surface area contributed by atoms with Crippen molar-refractivity contribution >= 4 is 11.3 Å². The van der Waals surface area contributed by atoms with Crippen molar-refractivity contribution in [1.29, 1.82) is 5.26 Å². The molecule has 0 amide bonds. The van der Waals surface area contributed by atoms with Gasteiger partial charge in [0.2, 0.25) is 5.88 Å². The van der Waals surface area contributed by atoms with E-state index in [1.54, 1.807) is 28.0 Å². The number of fused-ring (bicyclic) bond motifs is 1. The molecule has 0 bridgehead atoms. The lowest BCUT2D eigenvalue weighted by Gasteiger charge is -2.27. The molecule has 170 valence electrons. The van der Waals surface area contributed by atoms with Crippen LogP contribution >= 0.6 is 11.3 Å². The van der Waals surface area contributed by atoms with Gasteiger partial charge in [0.05, 0.1) is 31.2 Å². The maximum absolute atomic E-state index is 13.8. The molecule has 1 aliphatic heterocycles. The Morgan fingerprint density at radius 1 is 1.18 bits per heavy atom. The first-order valence-electron chi connectivity index (χ1n) is 10.7. The fourth-order valence-electron chi connectivity index (χ4n) is 4.02. The van der Waals surface area contributed by atoms with Crippen LogP contribution in [0.5, 0.6) is 17.2 Å². The molecular formula is C25H25N3O4S. The molecule has 0 fully saturated rings. The zero-order valence-corrected chi connectivity index (χ0v) is 19.6. The van der Waals surface area contributed by atoms with Gasteiger partial charge in [0.15, 0.2) is 11.5 Å². The molecule has 4 rings (SSSR count). The van der Waals surface area contributed by atoms with Crippen LogP contribution in [0.3, 0.4) is 0 Å². The smallest absolute Gasteiger partial charge is 0.259 e. The molecule has 1 aliphatic rings. The monoisotopic (exact) mass is 463 g/mol. The summed E-state index contributed by atoms with van der Waals surface area (Å²) in [6.07, 6.45) is 0. The van der Waals surface area contributed by atoms with Crippen LogP contribution in [0.2, 0.25) is 0 Å². The summed E-state index contributed by atoms with van der Waals surface area (Å²) in [5.41, 5.74) is 7.94. The van der Waals surface area contributed by atoms with E-state index in [0.29, 0.717) is 48.1 Å². The second-order valence-electron chi connectivity index (χ2n) is 7.53. The number of aryl methyl sites for hydroxylation is 1. The fraction of sp³-hybridized carbons (Fsp3) is 0.280. The molecule has 0 spiro atoms. The molecule has 1 unspecified atom stereocenters. The summed E-state index contributed by atoms with van der Waals surface area (Å²) in [5, 5.41) is 11.9. The minimum atomic E-state index is -0.684. The van der Waals surface area contributed by atoms with E-state index in [4.69, 9.17) is 19.9 Å². The standard InChI is InChI=1S/C25H25N3O4S/c1-4-30-19-9-8-16(12-20(19)31-5-2)22-18(13-26)24(27)32-21-11-15(3)28(25(29)23(21)22)14-17-7-6-10-33-17/h6-12,22H,4-5,14,27H2,1-3H3. The number of pyridine rings is 1. The summed E-state index contributed by atoms with van der Waals surface area (Å²) in [5.74, 6) is 0.831. The zero-order valence-electron chi connectivity index (χ0n) is 18.8. The van der Waals surface area contributed by atoms with Gasteiger partial charge in [-0.05, 0) is 49.9 Å². The van der Waals surface area contributed by atoms with Crippen LogP contribution < -0.4 is 25.5 Å². The van der Waals surface area contributed by atoms with Crippen LogP contribution in [0.4, 0.5) is 0 Å². The fourth-order valence-corrected chi connectivity index (χ4v) is 4.71. The van der Waals surface area contributed by atoms with Crippen LogP contribution in [0.15, 0.2) is 58.0 Å². The van der Waals surface area contributed by atoms with Gasteiger partial charge in [-0.2, -0.15) is 5.26 Å². The zero-order chi connectivity index (χ0) is 23.5. The molecule has 3 aromatic rings. The molecule has 1 aromatic carbocycles. The maximum Gasteiger partial charge on any atom is 0.259 e. The molecule has 8 heteroatoms. The molecule has 2 N–H and O–H groups in total. The SMILES string of the molecule is CCOc1ccc(C2C(C#N)=C(N)Oc3cc(C)n(Cc4cccs4)c(=O)c32)cc1OCC. The van der Waals surface area contributed by atoms with Crippen LogP contribution in [-0.2, 0) is 6.54 Å². The Bertz CT molecular complexity index is 1300. The van der Waals surface area contributed by atoms with E-state index < -0.39 is 5.92 Å². The number of rotatable bonds is 7. The van der Waals surface area contributed by atoms with E-state index in [-0.39, 0.29) is 17.0 Å². The summed E-state index contributed by atoms with van der Waals surface area (Å²) in [7, 11) is 0. The summed E-state index contributed by atoms with van der Waals surface area (Å²) in [6, 6.07) is 13.3. The van der Waals surface area contributed by atoms with Gasteiger partial charge in [-0.1, -0.05) is 12.1 Å². The van der Waals surface area contributed by atoms with Gasteiger partial charge in [-0.25, -0.2) is 0 Å². The highest BCUT2D eigenvalue weighted by Crippen LogP contribution is 2.42. The summed E-state index contributed by atoms with van der Waals surface area (Å²) >= 11 is 1.59. The Morgan fingerprint density at radius 2 is 1.94 bits per heavy atom. The second-order valence-corrected chi connectivity index (χ2v) is 8.56. The van der Waals surface area contributed by atoms with Crippen LogP contribution in [0.25, 0.3) is 0 Å².